The fraction of sp³-hybridized carbons (Fsp3) is 0.263. The number of carbonyl (C=O) groups is 2. The monoisotopic (exact) mass is 346 g/mol. The molecule has 0 aromatic heterocycles. The average molecular weight is 346 g/mol. The molecule has 4 nitrogen and oxygen atoms in total. The van der Waals surface area contributed by atoms with Gasteiger partial charge in [-0.05, 0) is 17.7 Å². The number of carbonyl (C=O) groups excluding carboxylic acids is 2. The molecular formula is C19H20F2N2O2. The lowest BCUT2D eigenvalue weighted by Gasteiger charge is -2.23. The molecular weight excluding hydrogens is 326 g/mol. The van der Waals surface area contributed by atoms with Gasteiger partial charge in [0.1, 0.15) is 0 Å². The largest absolute Gasteiger partial charge is 0.341 e. The zero-order valence-corrected chi connectivity index (χ0v) is 14.2. The smallest absolute Gasteiger partial charge is 0.224 e. The van der Waals surface area contributed by atoms with Gasteiger partial charge in [-0.2, -0.15) is 0 Å². The van der Waals surface area contributed by atoms with Gasteiger partial charge in [0.15, 0.2) is 11.6 Å². The molecule has 0 N–H and O–H groups in total. The molecule has 0 atom stereocenters. The molecule has 0 aliphatic carbocycles. The molecule has 0 radical (unpaired) electrons. The Hall–Kier alpha value is -2.76. The van der Waals surface area contributed by atoms with E-state index < -0.39 is 11.6 Å². The Bertz CT molecular complexity index is 750. The van der Waals surface area contributed by atoms with Crippen LogP contribution in [0.2, 0.25) is 0 Å². The van der Waals surface area contributed by atoms with Crippen LogP contribution < -0.4 is 4.90 Å². The fourth-order valence-corrected chi connectivity index (χ4v) is 2.47. The molecule has 2 amide bonds. The first kappa shape index (κ1) is 18.6. The van der Waals surface area contributed by atoms with E-state index in [9.17, 15) is 18.4 Å². The third kappa shape index (κ3) is 5.11. The molecule has 0 aliphatic heterocycles. The topological polar surface area (TPSA) is 40.6 Å². The summed E-state index contributed by atoms with van der Waals surface area (Å²) in [4.78, 5) is 26.9. The summed E-state index contributed by atoms with van der Waals surface area (Å²) < 4.78 is 26.4. The molecule has 132 valence electrons. The van der Waals surface area contributed by atoms with E-state index in [1.54, 1.807) is 11.9 Å². The molecule has 2 aromatic carbocycles. The van der Waals surface area contributed by atoms with Gasteiger partial charge in [-0.1, -0.05) is 30.3 Å². The second-order valence-corrected chi connectivity index (χ2v) is 5.75. The number of hydrogen-bond donors (Lipinski definition) is 0. The first-order valence-corrected chi connectivity index (χ1v) is 7.89. The van der Waals surface area contributed by atoms with Gasteiger partial charge in [0, 0.05) is 45.2 Å². The summed E-state index contributed by atoms with van der Waals surface area (Å²) in [5.41, 5.74) is 1.23. The van der Waals surface area contributed by atoms with E-state index in [2.05, 4.69) is 0 Å². The van der Waals surface area contributed by atoms with Crippen LogP contribution in [0.3, 0.4) is 0 Å². The van der Waals surface area contributed by atoms with Gasteiger partial charge in [-0.25, -0.2) is 8.78 Å². The van der Waals surface area contributed by atoms with Crippen LogP contribution in [0.25, 0.3) is 0 Å². The van der Waals surface area contributed by atoms with Crippen molar-refractivity contribution in [3.63, 3.8) is 0 Å². The van der Waals surface area contributed by atoms with Crippen molar-refractivity contribution in [1.82, 2.24) is 4.90 Å². The molecule has 6 heteroatoms. The first-order chi connectivity index (χ1) is 11.9. The molecule has 25 heavy (non-hydrogen) atoms. The minimum atomic E-state index is -1.03. The number of hydrogen-bond acceptors (Lipinski definition) is 2. The molecule has 0 unspecified atom stereocenters. The molecule has 0 aliphatic rings. The van der Waals surface area contributed by atoms with Crippen molar-refractivity contribution in [3.8, 4) is 0 Å². The van der Waals surface area contributed by atoms with Crippen molar-refractivity contribution in [2.45, 2.75) is 19.9 Å². The SMILES string of the molecule is CC(=O)N(CCC(=O)N(C)Cc1ccccc1)c1ccc(F)c(F)c1. The summed E-state index contributed by atoms with van der Waals surface area (Å²) in [7, 11) is 1.69. The number of halogens is 2. The van der Waals surface area contributed by atoms with E-state index in [-0.39, 0.29) is 30.5 Å². The minimum absolute atomic E-state index is 0.0852. The van der Waals surface area contributed by atoms with Gasteiger partial charge in [0.05, 0.1) is 0 Å². The first-order valence-electron chi connectivity index (χ1n) is 7.89. The van der Waals surface area contributed by atoms with Gasteiger partial charge in [0.25, 0.3) is 0 Å². The van der Waals surface area contributed by atoms with Crippen LogP contribution in [-0.2, 0) is 16.1 Å². The lowest BCUT2D eigenvalue weighted by molar-refractivity contribution is -0.130. The normalized spacial score (nSPS) is 10.4. The van der Waals surface area contributed by atoms with E-state index >= 15 is 0 Å². The predicted molar refractivity (Wildman–Crippen MR) is 91.9 cm³/mol. The standard InChI is InChI=1S/C19H20F2N2O2/c1-14(24)23(16-8-9-17(20)18(21)12-16)11-10-19(25)22(2)13-15-6-4-3-5-7-15/h3-9,12H,10-11,13H2,1-2H3. The van der Waals surface area contributed by atoms with Crippen LogP contribution in [-0.4, -0.2) is 30.3 Å². The summed E-state index contributed by atoms with van der Waals surface area (Å²) in [5.74, 6) is -2.50. The van der Waals surface area contributed by atoms with Crippen molar-refractivity contribution in [2.75, 3.05) is 18.5 Å². The Balaban J connectivity index is 1.99. The Morgan fingerprint density at radius 3 is 2.28 bits per heavy atom. The maximum atomic E-state index is 13.4. The van der Waals surface area contributed by atoms with Gasteiger partial charge in [-0.15, -0.1) is 0 Å². The summed E-state index contributed by atoms with van der Waals surface area (Å²) in [5, 5.41) is 0. The third-order valence-corrected chi connectivity index (χ3v) is 3.83. The second kappa shape index (κ2) is 8.37. The third-order valence-electron chi connectivity index (χ3n) is 3.83. The Morgan fingerprint density at radius 2 is 1.68 bits per heavy atom. The molecule has 0 bridgehead atoms. The number of anilines is 1. The summed E-state index contributed by atoms with van der Waals surface area (Å²) in [6, 6.07) is 12.8. The molecule has 2 rings (SSSR count). The molecule has 0 saturated heterocycles. The zero-order chi connectivity index (χ0) is 18.4. The molecule has 0 spiro atoms. The molecule has 0 saturated carbocycles. The van der Waals surface area contributed by atoms with Crippen molar-refractivity contribution < 1.29 is 18.4 Å². The number of benzene rings is 2. The summed E-state index contributed by atoms with van der Waals surface area (Å²) in [6.07, 6.45) is 0.0852. The van der Waals surface area contributed by atoms with E-state index in [4.69, 9.17) is 0 Å². The summed E-state index contributed by atoms with van der Waals surface area (Å²) in [6.45, 7) is 1.88. The Kier molecular flexibility index (Phi) is 6.22. The summed E-state index contributed by atoms with van der Waals surface area (Å²) >= 11 is 0. The number of nitrogens with zero attached hydrogens (tertiary/aromatic N) is 2. The lowest BCUT2D eigenvalue weighted by atomic mass is 10.2. The predicted octanol–water partition coefficient (Wildman–Crippen LogP) is 3.37. The fourth-order valence-electron chi connectivity index (χ4n) is 2.47. The van der Waals surface area contributed by atoms with Gasteiger partial charge < -0.3 is 9.80 Å². The van der Waals surface area contributed by atoms with E-state index in [0.29, 0.717) is 6.54 Å². The maximum absolute atomic E-state index is 13.4. The van der Waals surface area contributed by atoms with Crippen molar-refractivity contribution >= 4 is 17.5 Å². The second-order valence-electron chi connectivity index (χ2n) is 5.75. The van der Waals surface area contributed by atoms with Crippen molar-refractivity contribution in [2.24, 2.45) is 0 Å². The van der Waals surface area contributed by atoms with E-state index in [0.717, 1.165) is 17.7 Å². The highest BCUT2D eigenvalue weighted by atomic mass is 19.2. The Labute approximate surface area is 145 Å². The van der Waals surface area contributed by atoms with Crippen LogP contribution >= 0.6 is 0 Å². The van der Waals surface area contributed by atoms with Crippen LogP contribution in [0, 0.1) is 11.6 Å². The highest BCUT2D eigenvalue weighted by Crippen LogP contribution is 2.19. The van der Waals surface area contributed by atoms with Gasteiger partial charge in [0.2, 0.25) is 11.8 Å². The average Bonchev–Trinajstić information content (AvgIpc) is 2.58. The molecule has 0 heterocycles. The highest BCUT2D eigenvalue weighted by molar-refractivity contribution is 5.92. The van der Waals surface area contributed by atoms with Crippen molar-refractivity contribution in [1.29, 1.82) is 0 Å². The quantitative estimate of drug-likeness (QED) is 0.805. The van der Waals surface area contributed by atoms with E-state index in [1.165, 1.54) is 17.9 Å². The molecule has 2 aromatic rings. The van der Waals surface area contributed by atoms with Crippen LogP contribution in [0.4, 0.5) is 14.5 Å². The van der Waals surface area contributed by atoms with Crippen LogP contribution in [0.15, 0.2) is 48.5 Å². The van der Waals surface area contributed by atoms with Crippen LogP contribution in [0.5, 0.6) is 0 Å². The maximum Gasteiger partial charge on any atom is 0.224 e. The number of rotatable bonds is 6. The van der Waals surface area contributed by atoms with Gasteiger partial charge >= 0.3 is 0 Å². The highest BCUT2D eigenvalue weighted by Gasteiger charge is 2.17. The van der Waals surface area contributed by atoms with Gasteiger partial charge in [-0.3, -0.25) is 9.59 Å². The van der Waals surface area contributed by atoms with Crippen LogP contribution in [0.1, 0.15) is 18.9 Å². The zero-order valence-electron chi connectivity index (χ0n) is 14.2. The lowest BCUT2D eigenvalue weighted by Crippen LogP contribution is -2.34. The Morgan fingerprint density at radius 1 is 1.00 bits per heavy atom. The molecule has 0 fully saturated rings. The minimum Gasteiger partial charge on any atom is -0.341 e. The number of amides is 2. The van der Waals surface area contributed by atoms with E-state index in [1.807, 2.05) is 30.3 Å². The van der Waals surface area contributed by atoms with Crippen molar-refractivity contribution in [3.05, 3.63) is 65.7 Å².